The van der Waals surface area contributed by atoms with E-state index < -0.39 is 6.04 Å². The minimum Gasteiger partial charge on any atom is -0.497 e. The molecule has 0 unspecified atom stereocenters. The predicted octanol–water partition coefficient (Wildman–Crippen LogP) is 4.42. The lowest BCUT2D eigenvalue weighted by Crippen LogP contribution is -2.50. The van der Waals surface area contributed by atoms with Crippen molar-refractivity contribution in [3.63, 3.8) is 0 Å². The first-order valence-corrected chi connectivity index (χ1v) is 11.2. The maximum absolute atomic E-state index is 13.2. The first kappa shape index (κ1) is 24.7. The molecule has 2 rings (SSSR count). The molecule has 0 saturated carbocycles. The van der Waals surface area contributed by atoms with Crippen molar-refractivity contribution in [3.8, 4) is 11.5 Å². The minimum atomic E-state index is -0.592. The normalized spacial score (nSPS) is 11.7. The Hall–Kier alpha value is -2.54. The van der Waals surface area contributed by atoms with Gasteiger partial charge in [0.2, 0.25) is 5.91 Å². The standard InChI is InChI=1S/C24H31BrN2O4/c1-5-22(24(29)26-14-17(2)3)27(15-18-7-6-8-21(13-18)30-4)23(28)16-31-20-11-9-19(25)10-12-20/h6-13,17,22H,5,14-16H2,1-4H3,(H,26,29)/t22-/m0/s1. The average Bonchev–Trinajstić information content (AvgIpc) is 2.77. The van der Waals surface area contributed by atoms with Gasteiger partial charge in [0.1, 0.15) is 17.5 Å². The molecule has 2 amide bonds. The first-order chi connectivity index (χ1) is 14.8. The third kappa shape index (κ3) is 7.90. The number of carbonyl (C=O) groups excluding carboxylic acids is 2. The Balaban J connectivity index is 2.20. The summed E-state index contributed by atoms with van der Waals surface area (Å²) < 4.78 is 11.9. The van der Waals surface area contributed by atoms with Gasteiger partial charge in [0.05, 0.1) is 7.11 Å². The molecule has 2 aromatic carbocycles. The molecule has 168 valence electrons. The lowest BCUT2D eigenvalue weighted by molar-refractivity contribution is -0.143. The van der Waals surface area contributed by atoms with Crippen molar-refractivity contribution in [2.24, 2.45) is 5.92 Å². The molecular formula is C24H31BrN2O4. The summed E-state index contributed by atoms with van der Waals surface area (Å²) in [5.74, 6) is 1.21. The summed E-state index contributed by atoms with van der Waals surface area (Å²) in [5.41, 5.74) is 0.881. The lowest BCUT2D eigenvalue weighted by Gasteiger charge is -2.31. The van der Waals surface area contributed by atoms with E-state index in [1.165, 1.54) is 0 Å². The number of nitrogens with zero attached hydrogens (tertiary/aromatic N) is 1. The fraction of sp³-hybridized carbons (Fsp3) is 0.417. The third-order valence-corrected chi connectivity index (χ3v) is 5.26. The molecular weight excluding hydrogens is 460 g/mol. The number of halogens is 1. The van der Waals surface area contributed by atoms with E-state index in [2.05, 4.69) is 21.2 Å². The summed E-state index contributed by atoms with van der Waals surface area (Å²) in [6, 6.07) is 14.2. The van der Waals surface area contributed by atoms with E-state index in [9.17, 15) is 9.59 Å². The molecule has 0 radical (unpaired) electrons. The Kier molecular flexibility index (Phi) is 9.85. The van der Waals surface area contributed by atoms with E-state index in [1.54, 1.807) is 24.1 Å². The SMILES string of the molecule is CC[C@@H](C(=O)NCC(C)C)N(Cc1cccc(OC)c1)C(=O)COc1ccc(Br)cc1. The van der Waals surface area contributed by atoms with Crippen molar-refractivity contribution < 1.29 is 19.1 Å². The van der Waals surface area contributed by atoms with Gasteiger partial charge in [-0.3, -0.25) is 9.59 Å². The number of rotatable bonds is 11. The summed E-state index contributed by atoms with van der Waals surface area (Å²) in [4.78, 5) is 27.6. The van der Waals surface area contributed by atoms with Gasteiger partial charge in [-0.25, -0.2) is 0 Å². The van der Waals surface area contributed by atoms with Crippen LogP contribution in [0, 0.1) is 5.92 Å². The van der Waals surface area contributed by atoms with Gasteiger partial charge in [0.25, 0.3) is 5.91 Å². The second-order valence-corrected chi connectivity index (χ2v) is 8.59. The number of nitrogens with one attached hydrogen (secondary N) is 1. The molecule has 31 heavy (non-hydrogen) atoms. The molecule has 0 fully saturated rings. The smallest absolute Gasteiger partial charge is 0.261 e. The Morgan fingerprint density at radius 1 is 1.10 bits per heavy atom. The average molecular weight is 491 g/mol. The van der Waals surface area contributed by atoms with Crippen LogP contribution in [0.2, 0.25) is 0 Å². The number of hydrogen-bond acceptors (Lipinski definition) is 4. The van der Waals surface area contributed by atoms with E-state index in [-0.39, 0.29) is 25.0 Å². The summed E-state index contributed by atoms with van der Waals surface area (Å²) >= 11 is 3.38. The minimum absolute atomic E-state index is 0.153. The van der Waals surface area contributed by atoms with Crippen molar-refractivity contribution in [1.82, 2.24) is 10.2 Å². The number of ether oxygens (including phenoxy) is 2. The number of benzene rings is 2. The Labute approximate surface area is 193 Å². The molecule has 0 heterocycles. The van der Waals surface area contributed by atoms with Crippen LogP contribution >= 0.6 is 15.9 Å². The van der Waals surface area contributed by atoms with Crippen LogP contribution in [0.1, 0.15) is 32.8 Å². The summed E-state index contributed by atoms with van der Waals surface area (Å²) in [6.07, 6.45) is 0.498. The zero-order valence-electron chi connectivity index (χ0n) is 18.6. The van der Waals surface area contributed by atoms with Gasteiger partial charge in [0, 0.05) is 17.6 Å². The fourth-order valence-corrected chi connectivity index (χ4v) is 3.33. The fourth-order valence-electron chi connectivity index (χ4n) is 3.07. The van der Waals surface area contributed by atoms with Gasteiger partial charge in [-0.05, 0) is 54.3 Å². The van der Waals surface area contributed by atoms with Crippen LogP contribution in [0.4, 0.5) is 0 Å². The Morgan fingerprint density at radius 2 is 1.81 bits per heavy atom. The topological polar surface area (TPSA) is 67.9 Å². The van der Waals surface area contributed by atoms with Crippen LogP contribution in [0.25, 0.3) is 0 Å². The number of carbonyl (C=O) groups is 2. The molecule has 1 N–H and O–H groups in total. The van der Waals surface area contributed by atoms with Crippen molar-refractivity contribution in [1.29, 1.82) is 0 Å². The third-order valence-electron chi connectivity index (χ3n) is 4.73. The van der Waals surface area contributed by atoms with E-state index in [4.69, 9.17) is 9.47 Å². The second-order valence-electron chi connectivity index (χ2n) is 7.68. The molecule has 0 bridgehead atoms. The van der Waals surface area contributed by atoms with Crippen LogP contribution in [-0.4, -0.2) is 43.0 Å². The molecule has 1 atom stereocenters. The largest absolute Gasteiger partial charge is 0.497 e. The molecule has 7 heteroatoms. The van der Waals surface area contributed by atoms with E-state index in [0.717, 1.165) is 10.0 Å². The number of methoxy groups -OCH3 is 1. The highest BCUT2D eigenvalue weighted by molar-refractivity contribution is 9.10. The van der Waals surface area contributed by atoms with Gasteiger partial charge < -0.3 is 19.7 Å². The maximum Gasteiger partial charge on any atom is 0.261 e. The van der Waals surface area contributed by atoms with Crippen LogP contribution in [0.5, 0.6) is 11.5 Å². The molecule has 0 saturated heterocycles. The van der Waals surface area contributed by atoms with E-state index in [1.807, 2.05) is 57.2 Å². The molecule has 6 nitrogen and oxygen atoms in total. The maximum atomic E-state index is 13.2. The van der Waals surface area contributed by atoms with Crippen molar-refractivity contribution in [3.05, 3.63) is 58.6 Å². The van der Waals surface area contributed by atoms with Gasteiger partial charge in [-0.2, -0.15) is 0 Å². The van der Waals surface area contributed by atoms with Gasteiger partial charge in [0.15, 0.2) is 6.61 Å². The first-order valence-electron chi connectivity index (χ1n) is 10.4. The predicted molar refractivity (Wildman–Crippen MR) is 125 cm³/mol. The summed E-state index contributed by atoms with van der Waals surface area (Å²) in [5, 5.41) is 2.95. The van der Waals surface area contributed by atoms with Crippen LogP contribution in [-0.2, 0) is 16.1 Å². The summed E-state index contributed by atoms with van der Waals surface area (Å²) in [7, 11) is 1.60. The van der Waals surface area contributed by atoms with Crippen molar-refractivity contribution in [2.75, 3.05) is 20.3 Å². The zero-order valence-corrected chi connectivity index (χ0v) is 20.1. The molecule has 0 aliphatic rings. The number of amides is 2. The van der Waals surface area contributed by atoms with Gasteiger partial charge in [-0.1, -0.05) is 48.8 Å². The molecule has 0 spiro atoms. The van der Waals surface area contributed by atoms with E-state index >= 15 is 0 Å². The van der Waals surface area contributed by atoms with E-state index in [0.29, 0.717) is 30.4 Å². The van der Waals surface area contributed by atoms with Crippen LogP contribution in [0.15, 0.2) is 53.0 Å². The Bertz CT molecular complexity index is 855. The second kappa shape index (κ2) is 12.3. The monoisotopic (exact) mass is 490 g/mol. The zero-order chi connectivity index (χ0) is 22.8. The highest BCUT2D eigenvalue weighted by Gasteiger charge is 2.29. The van der Waals surface area contributed by atoms with Crippen molar-refractivity contribution >= 4 is 27.7 Å². The molecule has 0 aromatic heterocycles. The highest BCUT2D eigenvalue weighted by Crippen LogP contribution is 2.19. The van der Waals surface area contributed by atoms with Gasteiger partial charge in [-0.15, -0.1) is 0 Å². The molecule has 0 aliphatic heterocycles. The lowest BCUT2D eigenvalue weighted by atomic mass is 10.1. The Morgan fingerprint density at radius 3 is 2.42 bits per heavy atom. The number of hydrogen-bond donors (Lipinski definition) is 1. The summed E-state index contributed by atoms with van der Waals surface area (Å²) in [6.45, 7) is 6.67. The molecule has 2 aromatic rings. The van der Waals surface area contributed by atoms with Crippen LogP contribution < -0.4 is 14.8 Å². The van der Waals surface area contributed by atoms with Gasteiger partial charge >= 0.3 is 0 Å². The highest BCUT2D eigenvalue weighted by atomic mass is 79.9. The van der Waals surface area contributed by atoms with Crippen LogP contribution in [0.3, 0.4) is 0 Å². The van der Waals surface area contributed by atoms with Crippen molar-refractivity contribution in [2.45, 2.75) is 39.8 Å². The quantitative estimate of drug-likeness (QED) is 0.506. The molecule has 0 aliphatic carbocycles.